The second-order valence-corrected chi connectivity index (χ2v) is 8.51. The van der Waals surface area contributed by atoms with E-state index < -0.39 is 0 Å². The molecular weight excluding hydrogens is 427 g/mol. The molecule has 2 heterocycles. The largest absolute Gasteiger partial charge is 0.377 e. The standard InChI is InChI=1S/C24H25FN4O2S/c25-20-9-4-8-18(14-20)11-12-23(30)26-15-22-27-28-24(32-17-21-10-5-13-31-21)29(22)16-19-6-2-1-3-7-19/h1-4,6-9,11-12,14,21H,5,10,13,15-17H2,(H,26,30)/b12-11+/t21-/m1/s1. The van der Waals surface area contributed by atoms with Crippen LogP contribution in [0.3, 0.4) is 0 Å². The third-order valence-corrected chi connectivity index (χ3v) is 6.19. The van der Waals surface area contributed by atoms with Crippen LogP contribution in [0.1, 0.15) is 29.8 Å². The predicted octanol–water partition coefficient (Wildman–Crippen LogP) is 4.07. The van der Waals surface area contributed by atoms with E-state index in [0.29, 0.717) is 17.9 Å². The zero-order chi connectivity index (χ0) is 22.2. The quantitative estimate of drug-likeness (QED) is 0.392. The molecule has 2 aromatic carbocycles. The third-order valence-electron chi connectivity index (χ3n) is 5.10. The number of rotatable bonds is 9. The summed E-state index contributed by atoms with van der Waals surface area (Å²) in [6, 6.07) is 16.2. The van der Waals surface area contributed by atoms with Gasteiger partial charge in [0.15, 0.2) is 11.0 Å². The van der Waals surface area contributed by atoms with E-state index in [4.69, 9.17) is 4.74 Å². The molecule has 4 rings (SSSR count). The lowest BCUT2D eigenvalue weighted by molar-refractivity contribution is -0.116. The highest BCUT2D eigenvalue weighted by molar-refractivity contribution is 7.99. The number of nitrogens with zero attached hydrogens (tertiary/aromatic N) is 3. The van der Waals surface area contributed by atoms with E-state index in [0.717, 1.165) is 35.9 Å². The van der Waals surface area contributed by atoms with Gasteiger partial charge in [-0.05, 0) is 42.2 Å². The van der Waals surface area contributed by atoms with Crippen LogP contribution < -0.4 is 5.32 Å². The van der Waals surface area contributed by atoms with Crippen molar-refractivity contribution in [2.24, 2.45) is 0 Å². The highest BCUT2D eigenvalue weighted by Gasteiger charge is 2.19. The molecule has 8 heteroatoms. The molecule has 166 valence electrons. The Morgan fingerprint density at radius 1 is 1.22 bits per heavy atom. The number of carbonyl (C=O) groups excluding carboxylic acids is 1. The van der Waals surface area contributed by atoms with E-state index >= 15 is 0 Å². The molecule has 1 aliphatic rings. The Bertz CT molecular complexity index is 1060. The molecule has 0 unspecified atom stereocenters. The normalized spacial score (nSPS) is 16.0. The zero-order valence-corrected chi connectivity index (χ0v) is 18.4. The average Bonchev–Trinajstić information content (AvgIpc) is 3.46. The Balaban J connectivity index is 1.42. The van der Waals surface area contributed by atoms with E-state index in [1.807, 2.05) is 22.8 Å². The first-order valence-corrected chi connectivity index (χ1v) is 11.6. The van der Waals surface area contributed by atoms with Gasteiger partial charge in [0, 0.05) is 18.4 Å². The van der Waals surface area contributed by atoms with E-state index in [1.54, 1.807) is 30.0 Å². The lowest BCUT2D eigenvalue weighted by Crippen LogP contribution is -2.23. The number of aromatic nitrogens is 3. The number of halogens is 1. The number of ether oxygens (including phenoxy) is 1. The summed E-state index contributed by atoms with van der Waals surface area (Å²) in [6.45, 7) is 1.68. The maximum atomic E-state index is 13.3. The monoisotopic (exact) mass is 452 g/mol. The minimum absolute atomic E-state index is 0.243. The summed E-state index contributed by atoms with van der Waals surface area (Å²) >= 11 is 1.63. The smallest absolute Gasteiger partial charge is 0.244 e. The van der Waals surface area contributed by atoms with Crippen molar-refractivity contribution in [2.45, 2.75) is 37.2 Å². The third kappa shape index (κ3) is 6.27. The molecule has 1 fully saturated rings. The molecule has 1 atom stereocenters. The van der Waals surface area contributed by atoms with Gasteiger partial charge >= 0.3 is 0 Å². The Morgan fingerprint density at radius 2 is 2.09 bits per heavy atom. The molecule has 1 aliphatic heterocycles. The van der Waals surface area contributed by atoms with Crippen LogP contribution >= 0.6 is 11.8 Å². The van der Waals surface area contributed by atoms with Crippen molar-refractivity contribution in [3.05, 3.63) is 83.4 Å². The molecule has 0 radical (unpaired) electrons. The molecule has 0 saturated carbocycles. The van der Waals surface area contributed by atoms with Gasteiger partial charge in [-0.1, -0.05) is 54.2 Å². The van der Waals surface area contributed by atoms with Crippen LogP contribution in [-0.4, -0.2) is 39.1 Å². The number of hydrogen-bond acceptors (Lipinski definition) is 5. The van der Waals surface area contributed by atoms with E-state index in [1.165, 1.54) is 18.2 Å². The Labute approximate surface area is 190 Å². The highest BCUT2D eigenvalue weighted by Crippen LogP contribution is 2.24. The van der Waals surface area contributed by atoms with Gasteiger partial charge in [-0.3, -0.25) is 4.79 Å². The van der Waals surface area contributed by atoms with Crippen LogP contribution in [0.15, 0.2) is 65.8 Å². The Kier molecular flexibility index (Phi) is 7.68. The maximum absolute atomic E-state index is 13.3. The molecule has 6 nitrogen and oxygen atoms in total. The predicted molar refractivity (Wildman–Crippen MR) is 123 cm³/mol. The summed E-state index contributed by atoms with van der Waals surface area (Å²) in [5, 5.41) is 12.3. The molecule has 32 heavy (non-hydrogen) atoms. The minimum Gasteiger partial charge on any atom is -0.377 e. The van der Waals surface area contributed by atoms with Gasteiger partial charge < -0.3 is 14.6 Å². The van der Waals surface area contributed by atoms with Crippen LogP contribution in [0.2, 0.25) is 0 Å². The molecule has 0 aliphatic carbocycles. The number of hydrogen-bond donors (Lipinski definition) is 1. The second kappa shape index (κ2) is 11.1. The first-order valence-electron chi connectivity index (χ1n) is 10.6. The fraction of sp³-hybridized carbons (Fsp3) is 0.292. The Hall–Kier alpha value is -2.97. The lowest BCUT2D eigenvalue weighted by atomic mass is 10.2. The fourth-order valence-electron chi connectivity index (χ4n) is 3.43. The van der Waals surface area contributed by atoms with Gasteiger partial charge in [0.2, 0.25) is 5.91 Å². The van der Waals surface area contributed by atoms with Crippen molar-refractivity contribution in [2.75, 3.05) is 12.4 Å². The van der Waals surface area contributed by atoms with Crippen LogP contribution in [0.5, 0.6) is 0 Å². The first-order chi connectivity index (χ1) is 15.7. The van der Waals surface area contributed by atoms with Crippen molar-refractivity contribution in [1.82, 2.24) is 20.1 Å². The van der Waals surface area contributed by atoms with Gasteiger partial charge in [0.05, 0.1) is 19.2 Å². The van der Waals surface area contributed by atoms with Gasteiger partial charge in [0.25, 0.3) is 0 Å². The molecule has 3 aromatic rings. The fourth-order valence-corrected chi connectivity index (χ4v) is 4.45. The van der Waals surface area contributed by atoms with E-state index in [9.17, 15) is 9.18 Å². The number of carbonyl (C=O) groups is 1. The summed E-state index contributed by atoms with van der Waals surface area (Å²) in [7, 11) is 0. The maximum Gasteiger partial charge on any atom is 0.244 e. The summed E-state index contributed by atoms with van der Waals surface area (Å²) in [5.41, 5.74) is 1.75. The minimum atomic E-state index is -0.338. The number of benzene rings is 2. The van der Waals surface area contributed by atoms with Crippen molar-refractivity contribution >= 4 is 23.7 Å². The molecule has 1 N–H and O–H groups in total. The van der Waals surface area contributed by atoms with Crippen LogP contribution in [-0.2, 0) is 22.6 Å². The van der Waals surface area contributed by atoms with Crippen molar-refractivity contribution < 1.29 is 13.9 Å². The van der Waals surface area contributed by atoms with Crippen LogP contribution in [0.4, 0.5) is 4.39 Å². The Morgan fingerprint density at radius 3 is 2.88 bits per heavy atom. The molecular formula is C24H25FN4O2S. The molecule has 1 saturated heterocycles. The first kappa shape index (κ1) is 22.2. The highest BCUT2D eigenvalue weighted by atomic mass is 32.2. The molecule has 1 amide bonds. The van der Waals surface area contributed by atoms with Crippen molar-refractivity contribution in [1.29, 1.82) is 0 Å². The SMILES string of the molecule is O=C(/C=C/c1cccc(F)c1)NCc1nnc(SC[C@H]2CCCO2)n1Cc1ccccc1. The van der Waals surface area contributed by atoms with Gasteiger partial charge in [-0.2, -0.15) is 0 Å². The summed E-state index contributed by atoms with van der Waals surface area (Å²) in [6.07, 6.45) is 5.39. The molecule has 1 aromatic heterocycles. The summed E-state index contributed by atoms with van der Waals surface area (Å²) < 4.78 is 21.0. The number of amides is 1. The lowest BCUT2D eigenvalue weighted by Gasteiger charge is -2.12. The van der Waals surface area contributed by atoms with Gasteiger partial charge in [-0.15, -0.1) is 10.2 Å². The zero-order valence-electron chi connectivity index (χ0n) is 17.6. The average molecular weight is 453 g/mol. The number of nitrogens with one attached hydrogen (secondary N) is 1. The summed E-state index contributed by atoms with van der Waals surface area (Å²) in [4.78, 5) is 12.3. The van der Waals surface area contributed by atoms with Crippen LogP contribution in [0, 0.1) is 5.82 Å². The van der Waals surface area contributed by atoms with E-state index in [-0.39, 0.29) is 24.4 Å². The van der Waals surface area contributed by atoms with E-state index in [2.05, 4.69) is 27.6 Å². The van der Waals surface area contributed by atoms with Crippen molar-refractivity contribution in [3.8, 4) is 0 Å². The topological polar surface area (TPSA) is 69.0 Å². The second-order valence-electron chi connectivity index (χ2n) is 7.52. The summed E-state index contributed by atoms with van der Waals surface area (Å²) in [5.74, 6) is 0.887. The molecule has 0 bridgehead atoms. The molecule has 0 spiro atoms. The van der Waals surface area contributed by atoms with Gasteiger partial charge in [-0.25, -0.2) is 4.39 Å². The van der Waals surface area contributed by atoms with Crippen LogP contribution in [0.25, 0.3) is 6.08 Å². The number of thioether (sulfide) groups is 1. The van der Waals surface area contributed by atoms with Crippen molar-refractivity contribution in [3.63, 3.8) is 0 Å². The van der Waals surface area contributed by atoms with Gasteiger partial charge in [0.1, 0.15) is 5.82 Å².